The lowest BCUT2D eigenvalue weighted by Crippen LogP contribution is -2.59. The van der Waals surface area contributed by atoms with E-state index in [0.717, 1.165) is 11.1 Å². The predicted octanol–water partition coefficient (Wildman–Crippen LogP) is 7.26. The molecule has 13 nitrogen and oxygen atoms in total. The van der Waals surface area contributed by atoms with Gasteiger partial charge in [0.05, 0.1) is 18.5 Å². The number of rotatable bonds is 24. The van der Waals surface area contributed by atoms with Crippen LogP contribution in [-0.2, 0) is 41.8 Å². The van der Waals surface area contributed by atoms with Crippen LogP contribution in [0.1, 0.15) is 96.9 Å². The number of hydrazine groups is 1. The molecule has 59 heavy (non-hydrogen) atoms. The lowest BCUT2D eigenvalue weighted by molar-refractivity contribution is -0.157. The van der Waals surface area contributed by atoms with E-state index in [4.69, 9.17) is 19.9 Å². The summed E-state index contributed by atoms with van der Waals surface area (Å²) in [7, 11) is 0. The Kier molecular flexibility index (Phi) is 20.6. The van der Waals surface area contributed by atoms with Crippen molar-refractivity contribution in [2.24, 2.45) is 29.4 Å². The summed E-state index contributed by atoms with van der Waals surface area (Å²) < 4.78 is 17.2. The number of ketones is 1. The Balaban J connectivity index is 2.00. The first-order valence-corrected chi connectivity index (χ1v) is 20.8. The highest BCUT2D eigenvalue weighted by Gasteiger charge is 2.43. The zero-order valence-corrected chi connectivity index (χ0v) is 35.7. The van der Waals surface area contributed by atoms with Crippen LogP contribution in [0.4, 0.5) is 9.59 Å². The minimum atomic E-state index is -1.19. The molecule has 0 heterocycles. The highest BCUT2D eigenvalue weighted by atomic mass is 16.6. The number of carbonyl (C=O) groups excluding carboxylic acids is 5. The number of nitrogens with one attached hydrogen (secondary N) is 3. The van der Waals surface area contributed by atoms with E-state index >= 15 is 4.79 Å². The molecule has 0 radical (unpaired) electrons. The Morgan fingerprint density at radius 3 is 1.61 bits per heavy atom. The van der Waals surface area contributed by atoms with E-state index in [0.29, 0.717) is 31.4 Å². The van der Waals surface area contributed by atoms with Crippen molar-refractivity contribution in [2.75, 3.05) is 13.1 Å². The van der Waals surface area contributed by atoms with E-state index in [1.54, 1.807) is 29.3 Å². The lowest BCUT2D eigenvalue weighted by atomic mass is 9.79. The fraction of sp³-hybridized carbons (Fsp3) is 0.500. The van der Waals surface area contributed by atoms with Crippen molar-refractivity contribution in [1.82, 2.24) is 21.1 Å². The van der Waals surface area contributed by atoms with Crippen LogP contribution in [0.2, 0.25) is 0 Å². The second kappa shape index (κ2) is 25.3. The number of Topliss-reactive ketones (excluding diaryl/α,β-unsaturated/α-hetero) is 1. The molecule has 0 fully saturated rings. The first-order chi connectivity index (χ1) is 28.3. The number of nitrogens with zero attached hydrogens (tertiary/aromatic N) is 1. The van der Waals surface area contributed by atoms with Crippen LogP contribution >= 0.6 is 0 Å². The van der Waals surface area contributed by atoms with E-state index in [1.165, 1.54) is 0 Å². The molecular formula is C46H65N5O8. The molecular weight excluding hydrogens is 751 g/mol. The molecule has 0 saturated carbocycles. The Bertz CT molecular complexity index is 1730. The molecule has 1 unspecified atom stereocenters. The SMILES string of the molecule is CCCC(=O)O[C@H](CN(CC(C)C)NC(=O)[C@@H](NC(=O)OCc1ccccc1)[C@@H](C)CC)[C@@H](C(=O)[C@@H](NC(=O)OCc1ccccc1)[C@@H](C)CC)C(N)c1ccccc1. The highest BCUT2D eigenvalue weighted by Crippen LogP contribution is 2.30. The average molecular weight is 816 g/mol. The van der Waals surface area contributed by atoms with Gasteiger partial charge in [-0.3, -0.25) is 19.8 Å². The van der Waals surface area contributed by atoms with Gasteiger partial charge < -0.3 is 30.6 Å². The Hall–Kier alpha value is -5.27. The van der Waals surface area contributed by atoms with Crippen LogP contribution in [0.25, 0.3) is 0 Å². The number of ether oxygens (including phenoxy) is 3. The maximum Gasteiger partial charge on any atom is 0.408 e. The van der Waals surface area contributed by atoms with Crippen molar-refractivity contribution in [2.45, 2.75) is 112 Å². The number of nitrogens with two attached hydrogens (primary N) is 1. The standard InChI is InChI=1S/C46H65N5O8/c1-8-20-38(52)59-37(28-51(27-31(4)5)50-44(54)42(33(7)10-3)49-46(56)58-30-35-23-16-12-17-24-35)39(40(47)36-25-18-13-19-26-36)43(53)41(32(6)9-2)48-45(55)57-29-34-21-14-11-15-22-34/h11-19,21-26,31-33,37,39-42H,8-10,20,27-30,47H2,1-7H3,(H,48,55)(H,49,56)(H,50,54)/t32-,33-,37+,39+,40?,41-,42-/m0/s1. The van der Waals surface area contributed by atoms with Crippen LogP contribution in [0.5, 0.6) is 0 Å². The third-order valence-corrected chi connectivity index (χ3v) is 10.3. The molecule has 3 rings (SSSR count). The quantitative estimate of drug-likeness (QED) is 0.0409. The number of amides is 3. The van der Waals surface area contributed by atoms with E-state index in [2.05, 4.69) is 16.1 Å². The van der Waals surface area contributed by atoms with Gasteiger partial charge in [-0.1, -0.05) is 152 Å². The normalized spacial score (nSPS) is 14.8. The average Bonchev–Trinajstić information content (AvgIpc) is 3.23. The molecule has 3 aromatic rings. The molecule has 3 aromatic carbocycles. The number of hydrogen-bond donors (Lipinski definition) is 4. The van der Waals surface area contributed by atoms with Gasteiger partial charge >= 0.3 is 18.2 Å². The number of carbonyl (C=O) groups is 5. The topological polar surface area (TPSA) is 178 Å². The predicted molar refractivity (Wildman–Crippen MR) is 227 cm³/mol. The summed E-state index contributed by atoms with van der Waals surface area (Å²) in [6, 6.07) is 24.4. The Morgan fingerprint density at radius 2 is 1.14 bits per heavy atom. The van der Waals surface area contributed by atoms with Gasteiger partial charge in [0.1, 0.15) is 25.4 Å². The maximum absolute atomic E-state index is 15.1. The van der Waals surface area contributed by atoms with Crippen molar-refractivity contribution in [3.63, 3.8) is 0 Å². The Morgan fingerprint density at radius 1 is 0.661 bits per heavy atom. The number of hydrogen-bond acceptors (Lipinski definition) is 10. The van der Waals surface area contributed by atoms with Crippen LogP contribution in [0.15, 0.2) is 91.0 Å². The second-order valence-electron chi connectivity index (χ2n) is 15.6. The molecule has 13 heteroatoms. The van der Waals surface area contributed by atoms with Crippen LogP contribution in [-0.4, -0.2) is 66.1 Å². The smallest absolute Gasteiger partial charge is 0.408 e. The summed E-state index contributed by atoms with van der Waals surface area (Å²) in [4.78, 5) is 69.0. The summed E-state index contributed by atoms with van der Waals surface area (Å²) in [6.07, 6.45) is -1.04. The minimum absolute atomic E-state index is 0.000584. The number of alkyl carbamates (subject to hydrolysis) is 2. The lowest BCUT2D eigenvalue weighted by Gasteiger charge is -2.38. The first kappa shape index (κ1) is 48.1. The third kappa shape index (κ3) is 16.1. The molecule has 0 saturated heterocycles. The molecule has 5 N–H and O–H groups in total. The largest absolute Gasteiger partial charge is 0.460 e. The van der Waals surface area contributed by atoms with E-state index < -0.39 is 60.0 Å². The maximum atomic E-state index is 15.1. The molecule has 3 amide bonds. The molecule has 0 aliphatic heterocycles. The van der Waals surface area contributed by atoms with Crippen LogP contribution in [0.3, 0.4) is 0 Å². The molecule has 7 atom stereocenters. The summed E-state index contributed by atoms with van der Waals surface area (Å²) in [5, 5.41) is 7.16. The van der Waals surface area contributed by atoms with Gasteiger partial charge in [0.15, 0.2) is 5.78 Å². The van der Waals surface area contributed by atoms with Gasteiger partial charge in [0.2, 0.25) is 0 Å². The Labute approximate surface area is 350 Å². The van der Waals surface area contributed by atoms with Gasteiger partial charge in [-0.05, 0) is 40.9 Å². The first-order valence-electron chi connectivity index (χ1n) is 20.8. The summed E-state index contributed by atoms with van der Waals surface area (Å²) in [6.45, 7) is 13.5. The van der Waals surface area contributed by atoms with Gasteiger partial charge in [-0.25, -0.2) is 14.6 Å². The third-order valence-electron chi connectivity index (χ3n) is 10.3. The van der Waals surface area contributed by atoms with E-state index in [1.807, 2.05) is 115 Å². The van der Waals surface area contributed by atoms with Gasteiger partial charge in [0, 0.05) is 19.0 Å². The van der Waals surface area contributed by atoms with E-state index in [-0.39, 0.29) is 43.9 Å². The fourth-order valence-electron chi connectivity index (χ4n) is 6.60. The van der Waals surface area contributed by atoms with Crippen molar-refractivity contribution >= 4 is 29.8 Å². The van der Waals surface area contributed by atoms with Crippen molar-refractivity contribution < 1.29 is 38.2 Å². The highest BCUT2D eigenvalue weighted by molar-refractivity contribution is 5.91. The van der Waals surface area contributed by atoms with Crippen molar-refractivity contribution in [3.05, 3.63) is 108 Å². The van der Waals surface area contributed by atoms with Gasteiger partial charge in [-0.2, -0.15) is 0 Å². The van der Waals surface area contributed by atoms with Gasteiger partial charge in [0.25, 0.3) is 5.91 Å². The summed E-state index contributed by atoms with van der Waals surface area (Å²) in [5.74, 6) is -3.33. The molecule has 0 aliphatic carbocycles. The molecule has 0 aromatic heterocycles. The fourth-order valence-corrected chi connectivity index (χ4v) is 6.60. The second-order valence-corrected chi connectivity index (χ2v) is 15.6. The number of benzene rings is 3. The monoisotopic (exact) mass is 815 g/mol. The zero-order chi connectivity index (χ0) is 43.3. The van der Waals surface area contributed by atoms with Crippen molar-refractivity contribution in [3.8, 4) is 0 Å². The minimum Gasteiger partial charge on any atom is -0.460 e. The van der Waals surface area contributed by atoms with Crippen LogP contribution < -0.4 is 21.8 Å². The molecule has 0 spiro atoms. The molecule has 0 bridgehead atoms. The van der Waals surface area contributed by atoms with Gasteiger partial charge in [-0.15, -0.1) is 0 Å². The summed E-state index contributed by atoms with van der Waals surface area (Å²) in [5.41, 5.74) is 12.2. The molecule has 322 valence electrons. The van der Waals surface area contributed by atoms with Crippen LogP contribution in [0, 0.1) is 23.7 Å². The van der Waals surface area contributed by atoms with E-state index in [9.17, 15) is 19.2 Å². The molecule has 0 aliphatic rings. The number of esters is 1. The summed E-state index contributed by atoms with van der Waals surface area (Å²) >= 11 is 0. The zero-order valence-electron chi connectivity index (χ0n) is 35.7. The van der Waals surface area contributed by atoms with Crippen molar-refractivity contribution in [1.29, 1.82) is 0 Å².